The Morgan fingerprint density at radius 1 is 1.36 bits per heavy atom. The predicted molar refractivity (Wildman–Crippen MR) is 97.4 cm³/mol. The summed E-state index contributed by atoms with van der Waals surface area (Å²) in [5.74, 6) is -0.161. The van der Waals surface area contributed by atoms with Crippen molar-refractivity contribution in [1.82, 2.24) is 9.55 Å². The van der Waals surface area contributed by atoms with Crippen molar-refractivity contribution in [1.29, 1.82) is 0 Å². The van der Waals surface area contributed by atoms with Crippen LogP contribution >= 0.6 is 22.9 Å². The first kappa shape index (κ1) is 17.6. The molecule has 130 valence electrons. The number of benzene rings is 1. The molecule has 2 N–H and O–H groups in total. The Kier molecular flexibility index (Phi) is 4.87. The van der Waals surface area contributed by atoms with Gasteiger partial charge in [0.05, 0.1) is 16.8 Å². The number of rotatable bonds is 5. The molecule has 0 atom stereocenters. The van der Waals surface area contributed by atoms with E-state index < -0.39 is 12.6 Å². The van der Waals surface area contributed by atoms with Crippen molar-refractivity contribution >= 4 is 39.1 Å². The fraction of sp³-hybridized carbons (Fsp3) is 0.235. The number of amides is 1. The summed E-state index contributed by atoms with van der Waals surface area (Å²) < 4.78 is 14.3. The SMILES string of the molecule is Cc1c(C(N)=O)sc2nc(Cc3ccc(Cl)cc3)n(CCF)c(=O)c12. The van der Waals surface area contributed by atoms with Gasteiger partial charge in [0, 0.05) is 11.4 Å². The number of halogens is 2. The second kappa shape index (κ2) is 6.93. The van der Waals surface area contributed by atoms with Gasteiger partial charge in [-0.25, -0.2) is 9.37 Å². The normalized spacial score (nSPS) is 11.2. The van der Waals surface area contributed by atoms with Gasteiger partial charge in [-0.3, -0.25) is 14.2 Å². The summed E-state index contributed by atoms with van der Waals surface area (Å²) in [5, 5.41) is 0.931. The molecular weight excluding hydrogens is 365 g/mol. The quantitative estimate of drug-likeness (QED) is 0.740. The molecule has 5 nitrogen and oxygen atoms in total. The van der Waals surface area contributed by atoms with Crippen LogP contribution in [-0.4, -0.2) is 22.1 Å². The van der Waals surface area contributed by atoms with Crippen LogP contribution in [0.3, 0.4) is 0 Å². The van der Waals surface area contributed by atoms with E-state index >= 15 is 0 Å². The van der Waals surface area contributed by atoms with Gasteiger partial charge < -0.3 is 5.73 Å². The highest BCUT2D eigenvalue weighted by molar-refractivity contribution is 7.20. The maximum Gasteiger partial charge on any atom is 0.262 e. The first-order valence-corrected chi connectivity index (χ1v) is 8.75. The fourth-order valence-electron chi connectivity index (χ4n) is 2.73. The van der Waals surface area contributed by atoms with E-state index in [9.17, 15) is 14.0 Å². The van der Waals surface area contributed by atoms with Gasteiger partial charge in [0.1, 0.15) is 17.3 Å². The lowest BCUT2D eigenvalue weighted by molar-refractivity contribution is 0.100. The van der Waals surface area contributed by atoms with Crippen molar-refractivity contribution in [3.05, 3.63) is 61.5 Å². The second-order valence-electron chi connectivity index (χ2n) is 5.58. The number of carbonyl (C=O) groups excluding carboxylic acids is 1. The summed E-state index contributed by atoms with van der Waals surface area (Å²) >= 11 is 6.97. The minimum atomic E-state index is -0.688. The van der Waals surface area contributed by atoms with Crippen molar-refractivity contribution in [2.24, 2.45) is 5.73 Å². The number of fused-ring (bicyclic) bond motifs is 1. The molecule has 2 aromatic heterocycles. The first-order chi connectivity index (χ1) is 11.9. The molecule has 0 spiro atoms. The molecule has 0 saturated heterocycles. The molecule has 8 heteroatoms. The molecule has 0 fully saturated rings. The molecule has 0 saturated carbocycles. The van der Waals surface area contributed by atoms with E-state index in [1.165, 1.54) is 4.57 Å². The molecule has 0 radical (unpaired) electrons. The van der Waals surface area contributed by atoms with Gasteiger partial charge in [-0.1, -0.05) is 23.7 Å². The zero-order chi connectivity index (χ0) is 18.1. The topological polar surface area (TPSA) is 78.0 Å². The van der Waals surface area contributed by atoms with E-state index in [0.29, 0.717) is 37.9 Å². The lowest BCUT2D eigenvalue weighted by Gasteiger charge is -2.11. The molecule has 0 bridgehead atoms. The molecule has 3 aromatic rings. The third-order valence-electron chi connectivity index (χ3n) is 3.94. The number of hydrogen-bond donors (Lipinski definition) is 1. The second-order valence-corrected chi connectivity index (χ2v) is 7.01. The summed E-state index contributed by atoms with van der Waals surface area (Å²) in [6, 6.07) is 7.14. The number of primary amides is 1. The van der Waals surface area contributed by atoms with Gasteiger partial charge in [-0.15, -0.1) is 11.3 Å². The van der Waals surface area contributed by atoms with Crippen LogP contribution in [-0.2, 0) is 13.0 Å². The summed E-state index contributed by atoms with van der Waals surface area (Å²) in [7, 11) is 0. The highest BCUT2D eigenvalue weighted by Gasteiger charge is 2.20. The molecule has 0 aliphatic heterocycles. The van der Waals surface area contributed by atoms with E-state index in [1.54, 1.807) is 19.1 Å². The summed E-state index contributed by atoms with van der Waals surface area (Å²) in [6.07, 6.45) is 0.352. The molecule has 0 unspecified atom stereocenters. The van der Waals surface area contributed by atoms with Crippen LogP contribution in [0.5, 0.6) is 0 Å². The third-order valence-corrected chi connectivity index (χ3v) is 5.39. The average molecular weight is 380 g/mol. The highest BCUT2D eigenvalue weighted by Crippen LogP contribution is 2.27. The molecule has 3 rings (SSSR count). The maximum absolute atomic E-state index is 13.0. The van der Waals surface area contributed by atoms with E-state index in [0.717, 1.165) is 16.9 Å². The molecular formula is C17H15ClFN3O2S. The number of thiophene rings is 1. The Morgan fingerprint density at radius 3 is 2.64 bits per heavy atom. The number of nitrogens with two attached hydrogens (primary N) is 1. The highest BCUT2D eigenvalue weighted by atomic mass is 35.5. The van der Waals surface area contributed by atoms with Crippen molar-refractivity contribution in [3.63, 3.8) is 0 Å². The number of aryl methyl sites for hydroxylation is 1. The Morgan fingerprint density at radius 2 is 2.04 bits per heavy atom. The van der Waals surface area contributed by atoms with E-state index in [2.05, 4.69) is 4.98 Å². The molecule has 1 amide bonds. The van der Waals surface area contributed by atoms with E-state index in [1.807, 2.05) is 12.1 Å². The lowest BCUT2D eigenvalue weighted by Crippen LogP contribution is -2.26. The van der Waals surface area contributed by atoms with Crippen LogP contribution in [0.15, 0.2) is 29.1 Å². The van der Waals surface area contributed by atoms with Crippen molar-refractivity contribution in [2.75, 3.05) is 6.67 Å². The number of hydrogen-bond acceptors (Lipinski definition) is 4. The van der Waals surface area contributed by atoms with Crippen LogP contribution < -0.4 is 11.3 Å². The third kappa shape index (κ3) is 3.29. The standard InChI is InChI=1S/C17H15ClFN3O2S/c1-9-13-16(25-14(9)15(20)23)21-12(22(7-6-19)17(13)24)8-10-2-4-11(18)5-3-10/h2-5H,6-8H2,1H3,(H2,20,23). The fourth-order valence-corrected chi connectivity index (χ4v) is 3.90. The molecule has 0 aliphatic carbocycles. The first-order valence-electron chi connectivity index (χ1n) is 7.55. The van der Waals surface area contributed by atoms with Crippen molar-refractivity contribution in [2.45, 2.75) is 19.9 Å². The van der Waals surface area contributed by atoms with Crippen LogP contribution in [0.4, 0.5) is 4.39 Å². The number of carbonyl (C=O) groups is 1. The van der Waals surface area contributed by atoms with Gasteiger partial charge >= 0.3 is 0 Å². The Hall–Kier alpha value is -2.25. The van der Waals surface area contributed by atoms with Crippen LogP contribution in [0.2, 0.25) is 5.02 Å². The van der Waals surface area contributed by atoms with Crippen molar-refractivity contribution < 1.29 is 9.18 Å². The average Bonchev–Trinajstić information content (AvgIpc) is 2.90. The molecule has 2 heterocycles. The van der Waals surface area contributed by atoms with Gasteiger partial charge in [0.15, 0.2) is 0 Å². The molecule has 25 heavy (non-hydrogen) atoms. The Labute approximate surface area is 151 Å². The van der Waals surface area contributed by atoms with E-state index in [4.69, 9.17) is 17.3 Å². The van der Waals surface area contributed by atoms with Crippen LogP contribution in [0, 0.1) is 6.92 Å². The van der Waals surface area contributed by atoms with Crippen molar-refractivity contribution in [3.8, 4) is 0 Å². The minimum Gasteiger partial charge on any atom is -0.365 e. The van der Waals surface area contributed by atoms with Crippen LogP contribution in [0.1, 0.15) is 26.6 Å². The number of nitrogens with zero attached hydrogens (tertiary/aromatic N) is 2. The summed E-state index contributed by atoms with van der Waals surface area (Å²) in [6.45, 7) is 0.874. The van der Waals surface area contributed by atoms with Gasteiger partial charge in [-0.2, -0.15) is 0 Å². The van der Waals surface area contributed by atoms with Crippen LogP contribution in [0.25, 0.3) is 10.2 Å². The monoisotopic (exact) mass is 379 g/mol. The van der Waals surface area contributed by atoms with Gasteiger partial charge in [0.2, 0.25) is 0 Å². The van der Waals surface area contributed by atoms with Gasteiger partial charge in [-0.05, 0) is 30.2 Å². The lowest BCUT2D eigenvalue weighted by atomic mass is 10.1. The summed E-state index contributed by atoms with van der Waals surface area (Å²) in [4.78, 5) is 29.6. The zero-order valence-corrected chi connectivity index (χ0v) is 15.0. The maximum atomic E-state index is 13.0. The number of aromatic nitrogens is 2. The number of alkyl halides is 1. The summed E-state index contributed by atoms with van der Waals surface area (Å²) in [5.41, 5.74) is 6.40. The van der Waals surface area contributed by atoms with Gasteiger partial charge in [0.25, 0.3) is 11.5 Å². The predicted octanol–water partition coefficient (Wildman–Crippen LogP) is 3.08. The Bertz CT molecular complexity index is 1010. The minimum absolute atomic E-state index is 0.0914. The molecule has 0 aliphatic rings. The Balaban J connectivity index is 2.19. The van der Waals surface area contributed by atoms with E-state index in [-0.39, 0.29) is 12.1 Å². The smallest absolute Gasteiger partial charge is 0.262 e. The largest absolute Gasteiger partial charge is 0.365 e. The zero-order valence-electron chi connectivity index (χ0n) is 13.4. The molecule has 1 aromatic carbocycles.